The molecule has 0 aromatic heterocycles. The predicted molar refractivity (Wildman–Crippen MR) is 93.7 cm³/mol. The number of carboxylic acids is 1. The molecule has 3 N–H and O–H groups in total. The SMILES string of the molecule is CC(OC(=O)OC1CCC(C)(C)CC1)OC(=O)[C@H]1C2C[C@H](F)[C@@](N)(C(=O)O)[C@@H]21. The molecule has 0 radical (unpaired) electrons. The number of hydrogen-bond donors (Lipinski definition) is 2. The Hall–Kier alpha value is -1.90. The molecule has 3 aliphatic rings. The number of nitrogens with two attached hydrogens (primary N) is 1. The summed E-state index contributed by atoms with van der Waals surface area (Å²) in [4.78, 5) is 35.5. The highest BCUT2D eigenvalue weighted by Crippen LogP contribution is 2.62. The predicted octanol–water partition coefficient (Wildman–Crippen LogP) is 2.38. The van der Waals surface area contributed by atoms with Gasteiger partial charge in [-0.1, -0.05) is 13.8 Å². The third kappa shape index (κ3) is 3.81. The standard InChI is InChI=1S/C19H28FNO7/c1-9(27-17(25)28-10-4-6-18(2,3)7-5-10)26-15(22)13-11-8-12(20)19(21,14(11)13)16(23)24/h9-14H,4-8,21H2,1-3H3,(H,23,24)/t9?,11?,12-,13-,14-,19-/m0/s1. The lowest BCUT2D eigenvalue weighted by molar-refractivity contribution is -0.172. The van der Waals surface area contributed by atoms with E-state index in [2.05, 4.69) is 13.8 Å². The van der Waals surface area contributed by atoms with Crippen LogP contribution in [0.25, 0.3) is 0 Å². The van der Waals surface area contributed by atoms with Crippen molar-refractivity contribution in [2.75, 3.05) is 0 Å². The Labute approximate surface area is 162 Å². The van der Waals surface area contributed by atoms with Crippen LogP contribution in [0.4, 0.5) is 9.18 Å². The number of carbonyl (C=O) groups excluding carboxylic acids is 2. The van der Waals surface area contributed by atoms with Crippen LogP contribution in [0, 0.1) is 23.2 Å². The molecule has 0 aliphatic heterocycles. The number of hydrogen-bond acceptors (Lipinski definition) is 7. The summed E-state index contributed by atoms with van der Waals surface area (Å²) in [5.74, 6) is -4.27. The van der Waals surface area contributed by atoms with E-state index in [1.54, 1.807) is 0 Å². The molecular formula is C19H28FNO7. The fourth-order valence-corrected chi connectivity index (χ4v) is 4.62. The van der Waals surface area contributed by atoms with Crippen molar-refractivity contribution in [3.63, 3.8) is 0 Å². The van der Waals surface area contributed by atoms with E-state index in [0.29, 0.717) is 0 Å². The summed E-state index contributed by atoms with van der Waals surface area (Å²) in [6.45, 7) is 5.70. The molecule has 0 spiro atoms. The third-order valence-corrected chi connectivity index (χ3v) is 6.45. The quantitative estimate of drug-likeness (QED) is 0.531. The molecule has 3 rings (SSSR count). The van der Waals surface area contributed by atoms with Crippen molar-refractivity contribution in [2.45, 2.75) is 77.0 Å². The van der Waals surface area contributed by atoms with E-state index < -0.39 is 53.8 Å². The van der Waals surface area contributed by atoms with Gasteiger partial charge in [0.25, 0.3) is 0 Å². The molecule has 3 saturated carbocycles. The van der Waals surface area contributed by atoms with Crippen LogP contribution in [-0.2, 0) is 23.8 Å². The highest BCUT2D eigenvalue weighted by Gasteiger charge is 2.75. The zero-order valence-electron chi connectivity index (χ0n) is 16.4. The summed E-state index contributed by atoms with van der Waals surface area (Å²) in [7, 11) is 0. The highest BCUT2D eigenvalue weighted by molar-refractivity contribution is 5.86. The Balaban J connectivity index is 1.44. The van der Waals surface area contributed by atoms with Crippen LogP contribution in [0.5, 0.6) is 0 Å². The minimum Gasteiger partial charge on any atom is -0.480 e. The molecule has 3 aliphatic carbocycles. The first kappa shape index (κ1) is 20.8. The number of ether oxygens (including phenoxy) is 3. The lowest BCUT2D eigenvalue weighted by atomic mass is 9.76. The van der Waals surface area contributed by atoms with Gasteiger partial charge in [0.05, 0.1) is 5.92 Å². The maximum absolute atomic E-state index is 13.9. The van der Waals surface area contributed by atoms with E-state index in [1.807, 2.05) is 0 Å². The largest absolute Gasteiger partial charge is 0.511 e. The van der Waals surface area contributed by atoms with Crippen LogP contribution in [-0.4, -0.2) is 47.3 Å². The topological polar surface area (TPSA) is 125 Å². The van der Waals surface area contributed by atoms with Gasteiger partial charge in [0.15, 0.2) is 0 Å². The molecule has 3 fully saturated rings. The van der Waals surface area contributed by atoms with Crippen molar-refractivity contribution in [1.82, 2.24) is 0 Å². The van der Waals surface area contributed by atoms with Gasteiger partial charge in [-0.05, 0) is 43.4 Å². The molecular weight excluding hydrogens is 373 g/mol. The number of carboxylic acid groups (broad SMARTS) is 1. The number of alkyl halides is 1. The van der Waals surface area contributed by atoms with Crippen molar-refractivity contribution < 1.29 is 38.1 Å². The number of fused-ring (bicyclic) bond motifs is 1. The molecule has 0 aromatic rings. The number of halogens is 1. The summed E-state index contributed by atoms with van der Waals surface area (Å²) < 4.78 is 29.2. The first-order valence-corrected chi connectivity index (χ1v) is 9.70. The highest BCUT2D eigenvalue weighted by atomic mass is 19.1. The minimum absolute atomic E-state index is 0.0947. The monoisotopic (exact) mass is 401 g/mol. The van der Waals surface area contributed by atoms with Gasteiger partial charge in [0.1, 0.15) is 17.8 Å². The van der Waals surface area contributed by atoms with E-state index in [0.717, 1.165) is 25.7 Å². The first-order valence-electron chi connectivity index (χ1n) is 9.70. The number of rotatable bonds is 5. The normalized spacial score (nSPS) is 37.5. The average Bonchev–Trinajstić information content (AvgIpc) is 3.23. The van der Waals surface area contributed by atoms with E-state index in [4.69, 9.17) is 19.9 Å². The number of esters is 1. The number of aliphatic carboxylic acids is 1. The molecule has 158 valence electrons. The van der Waals surface area contributed by atoms with Crippen molar-refractivity contribution in [1.29, 1.82) is 0 Å². The average molecular weight is 401 g/mol. The Morgan fingerprint density at radius 1 is 1.18 bits per heavy atom. The van der Waals surface area contributed by atoms with E-state index >= 15 is 0 Å². The summed E-state index contributed by atoms with van der Waals surface area (Å²) in [5.41, 5.74) is 3.87. The molecule has 8 nitrogen and oxygen atoms in total. The van der Waals surface area contributed by atoms with Crippen LogP contribution in [0.15, 0.2) is 0 Å². The Bertz CT molecular complexity index is 659. The lowest BCUT2D eigenvalue weighted by Gasteiger charge is -2.33. The minimum atomic E-state index is -2.08. The molecule has 0 bridgehead atoms. The zero-order valence-corrected chi connectivity index (χ0v) is 16.4. The van der Waals surface area contributed by atoms with Crippen LogP contribution in [0.1, 0.15) is 52.9 Å². The second kappa shape index (κ2) is 7.17. The van der Waals surface area contributed by atoms with Gasteiger partial charge >= 0.3 is 18.1 Å². The first-order chi connectivity index (χ1) is 13.0. The molecule has 28 heavy (non-hydrogen) atoms. The van der Waals surface area contributed by atoms with Gasteiger partial charge in [0, 0.05) is 12.8 Å². The Kier molecular flexibility index (Phi) is 5.33. The smallest absolute Gasteiger partial charge is 0.480 e. The summed E-state index contributed by atoms with van der Waals surface area (Å²) >= 11 is 0. The van der Waals surface area contributed by atoms with Gasteiger partial charge < -0.3 is 25.1 Å². The summed E-state index contributed by atoms with van der Waals surface area (Å²) in [5, 5.41) is 9.23. The maximum atomic E-state index is 13.9. The molecule has 0 amide bonds. The second-order valence-electron chi connectivity index (χ2n) is 9.01. The van der Waals surface area contributed by atoms with Crippen LogP contribution < -0.4 is 5.73 Å². The maximum Gasteiger partial charge on any atom is 0.511 e. The fraction of sp³-hybridized carbons (Fsp3) is 0.842. The summed E-state index contributed by atoms with van der Waals surface area (Å²) in [6.07, 6.45) is -0.736. The van der Waals surface area contributed by atoms with Crippen LogP contribution >= 0.6 is 0 Å². The van der Waals surface area contributed by atoms with E-state index in [1.165, 1.54) is 6.92 Å². The molecule has 2 unspecified atom stereocenters. The van der Waals surface area contributed by atoms with Crippen LogP contribution in [0.3, 0.4) is 0 Å². The van der Waals surface area contributed by atoms with Crippen molar-refractivity contribution >= 4 is 18.1 Å². The molecule has 6 atom stereocenters. The third-order valence-electron chi connectivity index (χ3n) is 6.45. The fourth-order valence-electron chi connectivity index (χ4n) is 4.62. The van der Waals surface area contributed by atoms with Crippen LogP contribution in [0.2, 0.25) is 0 Å². The van der Waals surface area contributed by atoms with Gasteiger partial charge in [-0.2, -0.15) is 0 Å². The van der Waals surface area contributed by atoms with Crippen molar-refractivity contribution in [2.24, 2.45) is 28.9 Å². The molecule has 0 saturated heterocycles. The van der Waals surface area contributed by atoms with Crippen molar-refractivity contribution in [3.05, 3.63) is 0 Å². The molecule has 0 aromatic carbocycles. The van der Waals surface area contributed by atoms with E-state index in [-0.39, 0.29) is 17.9 Å². The van der Waals surface area contributed by atoms with Gasteiger partial charge in [-0.25, -0.2) is 9.18 Å². The lowest BCUT2D eigenvalue weighted by Crippen LogP contribution is -2.56. The second-order valence-corrected chi connectivity index (χ2v) is 9.01. The van der Waals surface area contributed by atoms with Crippen molar-refractivity contribution in [3.8, 4) is 0 Å². The zero-order chi connectivity index (χ0) is 20.9. The summed E-state index contributed by atoms with van der Waals surface area (Å²) in [6, 6.07) is 0. The molecule has 9 heteroatoms. The molecule has 0 heterocycles. The van der Waals surface area contributed by atoms with E-state index in [9.17, 15) is 23.9 Å². The van der Waals surface area contributed by atoms with Gasteiger partial charge in [0.2, 0.25) is 6.29 Å². The van der Waals surface area contributed by atoms with Gasteiger partial charge in [-0.3, -0.25) is 9.59 Å². The van der Waals surface area contributed by atoms with Gasteiger partial charge in [-0.15, -0.1) is 0 Å². The Morgan fingerprint density at radius 2 is 1.79 bits per heavy atom. The Morgan fingerprint density at radius 3 is 2.36 bits per heavy atom. The number of carbonyl (C=O) groups is 3.